The molecule has 3 nitrogen and oxygen atoms in total. The summed E-state index contributed by atoms with van der Waals surface area (Å²) in [4.78, 5) is 10.8. The first-order valence-electron chi connectivity index (χ1n) is 5.69. The summed E-state index contributed by atoms with van der Waals surface area (Å²) in [5, 5.41) is 0.978. The lowest BCUT2D eigenvalue weighted by Gasteiger charge is -2.27. The van der Waals surface area contributed by atoms with Crippen molar-refractivity contribution in [3.05, 3.63) is 15.9 Å². The van der Waals surface area contributed by atoms with Crippen LogP contribution in [0.3, 0.4) is 0 Å². The highest BCUT2D eigenvalue weighted by Crippen LogP contribution is 2.25. The van der Waals surface area contributed by atoms with Crippen LogP contribution in [0.4, 0.5) is 5.95 Å². The van der Waals surface area contributed by atoms with Crippen molar-refractivity contribution in [2.45, 2.75) is 32.6 Å². The van der Waals surface area contributed by atoms with Gasteiger partial charge in [0.15, 0.2) is 0 Å². The summed E-state index contributed by atoms with van der Waals surface area (Å²) in [7, 11) is 0. The van der Waals surface area contributed by atoms with Crippen LogP contribution in [0.25, 0.3) is 0 Å². The van der Waals surface area contributed by atoms with Gasteiger partial charge >= 0.3 is 0 Å². The fraction of sp³-hybridized carbons (Fsp3) is 0.636. The topological polar surface area (TPSA) is 29.0 Å². The maximum Gasteiger partial charge on any atom is 0.228 e. The summed E-state index contributed by atoms with van der Waals surface area (Å²) < 4.78 is 0. The Kier molecular flexibility index (Phi) is 3.87. The van der Waals surface area contributed by atoms with E-state index in [-0.39, 0.29) is 0 Å². The molecule has 0 spiro atoms. The van der Waals surface area contributed by atoms with Crippen LogP contribution in [0.15, 0.2) is 0 Å². The smallest absolute Gasteiger partial charge is 0.228 e. The van der Waals surface area contributed by atoms with Crippen LogP contribution in [-0.4, -0.2) is 23.1 Å². The third-order valence-corrected chi connectivity index (χ3v) is 3.51. The van der Waals surface area contributed by atoms with E-state index in [0.29, 0.717) is 16.3 Å². The average Bonchev–Trinajstić information content (AvgIpc) is 2.30. The largest absolute Gasteiger partial charge is 0.341 e. The molecule has 1 saturated heterocycles. The van der Waals surface area contributed by atoms with Crippen molar-refractivity contribution >= 4 is 29.2 Å². The summed E-state index contributed by atoms with van der Waals surface area (Å²) in [6, 6.07) is 0. The van der Waals surface area contributed by atoms with Crippen LogP contribution in [0.5, 0.6) is 0 Å². The number of hydrogen-bond acceptors (Lipinski definition) is 3. The van der Waals surface area contributed by atoms with Gasteiger partial charge in [0.1, 0.15) is 10.3 Å². The summed E-state index contributed by atoms with van der Waals surface area (Å²) in [6.45, 7) is 3.99. The number of halogens is 2. The minimum atomic E-state index is 0.489. The van der Waals surface area contributed by atoms with Gasteiger partial charge in [-0.1, -0.05) is 30.1 Å². The minimum Gasteiger partial charge on any atom is -0.341 e. The molecule has 16 heavy (non-hydrogen) atoms. The molecular weight excluding hydrogens is 245 g/mol. The molecule has 1 aliphatic rings. The number of nitrogens with zero attached hydrogens (tertiary/aromatic N) is 3. The van der Waals surface area contributed by atoms with Crippen LogP contribution < -0.4 is 4.90 Å². The lowest BCUT2D eigenvalue weighted by molar-refractivity contribution is 0.568. The molecular formula is C11H15Cl2N3. The fourth-order valence-corrected chi connectivity index (χ4v) is 2.59. The summed E-state index contributed by atoms with van der Waals surface area (Å²) in [5.41, 5.74) is 0.837. The van der Waals surface area contributed by atoms with Gasteiger partial charge in [-0.05, 0) is 25.7 Å². The first kappa shape index (κ1) is 11.9. The van der Waals surface area contributed by atoms with Gasteiger partial charge in [0.25, 0.3) is 0 Å². The zero-order valence-corrected chi connectivity index (χ0v) is 10.9. The molecule has 0 aliphatic carbocycles. The second kappa shape index (κ2) is 5.19. The van der Waals surface area contributed by atoms with E-state index in [2.05, 4.69) is 14.9 Å². The Morgan fingerprint density at radius 3 is 2.12 bits per heavy atom. The average molecular weight is 260 g/mol. The molecule has 1 aromatic rings. The van der Waals surface area contributed by atoms with E-state index >= 15 is 0 Å². The predicted molar refractivity (Wildman–Crippen MR) is 67.5 cm³/mol. The molecule has 1 aliphatic heterocycles. The van der Waals surface area contributed by atoms with Crippen molar-refractivity contribution in [1.82, 2.24) is 9.97 Å². The molecule has 0 amide bonds. The maximum atomic E-state index is 6.09. The molecule has 0 aromatic carbocycles. The quantitative estimate of drug-likeness (QED) is 0.764. The van der Waals surface area contributed by atoms with Gasteiger partial charge in [0, 0.05) is 18.7 Å². The predicted octanol–water partition coefficient (Wildman–Crippen LogP) is 3.34. The van der Waals surface area contributed by atoms with Crippen molar-refractivity contribution in [3.63, 3.8) is 0 Å². The van der Waals surface area contributed by atoms with Gasteiger partial charge in [-0.25, -0.2) is 9.97 Å². The Balaban J connectivity index is 2.28. The molecule has 2 heterocycles. The first-order chi connectivity index (χ1) is 7.72. The monoisotopic (exact) mass is 259 g/mol. The standard InChI is InChI=1S/C11H15Cl2N3/c1-2-8-9(12)14-11(15-10(8)13)16-6-4-3-5-7-16/h2-7H2,1H3. The SMILES string of the molecule is CCc1c(Cl)nc(N2CCCCC2)nc1Cl. The number of rotatable bonds is 2. The van der Waals surface area contributed by atoms with E-state index < -0.39 is 0 Å². The molecule has 2 rings (SSSR count). The minimum absolute atomic E-state index is 0.489. The number of piperidine rings is 1. The van der Waals surface area contributed by atoms with Gasteiger partial charge in [0.05, 0.1) is 0 Å². The van der Waals surface area contributed by atoms with Crippen molar-refractivity contribution in [1.29, 1.82) is 0 Å². The molecule has 0 N–H and O–H groups in total. The van der Waals surface area contributed by atoms with E-state index in [4.69, 9.17) is 23.2 Å². The van der Waals surface area contributed by atoms with E-state index in [9.17, 15) is 0 Å². The molecule has 0 saturated carbocycles. The van der Waals surface area contributed by atoms with Gasteiger partial charge < -0.3 is 4.90 Å². The molecule has 0 radical (unpaired) electrons. The normalized spacial score (nSPS) is 16.6. The van der Waals surface area contributed by atoms with E-state index in [1.807, 2.05) is 6.92 Å². The van der Waals surface area contributed by atoms with Crippen molar-refractivity contribution < 1.29 is 0 Å². The second-order valence-corrected chi connectivity index (χ2v) is 4.70. The zero-order chi connectivity index (χ0) is 11.5. The zero-order valence-electron chi connectivity index (χ0n) is 9.34. The summed E-state index contributed by atoms with van der Waals surface area (Å²) >= 11 is 12.2. The Labute approximate surface area is 106 Å². The Hall–Kier alpha value is -0.540. The highest BCUT2D eigenvalue weighted by Gasteiger charge is 2.17. The molecule has 0 unspecified atom stereocenters. The Morgan fingerprint density at radius 2 is 1.62 bits per heavy atom. The second-order valence-electron chi connectivity index (χ2n) is 3.99. The van der Waals surface area contributed by atoms with Crippen LogP contribution in [-0.2, 0) is 6.42 Å². The van der Waals surface area contributed by atoms with Crippen molar-refractivity contribution in [2.24, 2.45) is 0 Å². The van der Waals surface area contributed by atoms with Crippen molar-refractivity contribution in [2.75, 3.05) is 18.0 Å². The molecule has 5 heteroatoms. The third-order valence-electron chi connectivity index (χ3n) is 2.89. The van der Waals surface area contributed by atoms with Crippen LogP contribution in [0, 0.1) is 0 Å². The molecule has 1 fully saturated rings. The number of aromatic nitrogens is 2. The van der Waals surface area contributed by atoms with E-state index in [0.717, 1.165) is 25.1 Å². The lowest BCUT2D eigenvalue weighted by atomic mass is 10.1. The maximum absolute atomic E-state index is 6.09. The Morgan fingerprint density at radius 1 is 1.06 bits per heavy atom. The summed E-state index contributed by atoms with van der Waals surface area (Å²) in [5.74, 6) is 0.673. The molecule has 1 aromatic heterocycles. The van der Waals surface area contributed by atoms with E-state index in [1.54, 1.807) is 0 Å². The Bertz CT molecular complexity index is 352. The third kappa shape index (κ3) is 2.41. The molecule has 0 atom stereocenters. The van der Waals surface area contributed by atoms with Crippen molar-refractivity contribution in [3.8, 4) is 0 Å². The van der Waals surface area contributed by atoms with Crippen LogP contribution >= 0.6 is 23.2 Å². The van der Waals surface area contributed by atoms with Gasteiger partial charge in [0.2, 0.25) is 5.95 Å². The van der Waals surface area contributed by atoms with Gasteiger partial charge in [-0.2, -0.15) is 0 Å². The van der Waals surface area contributed by atoms with Gasteiger partial charge in [-0.15, -0.1) is 0 Å². The summed E-state index contributed by atoms with van der Waals surface area (Å²) in [6.07, 6.45) is 4.42. The lowest BCUT2D eigenvalue weighted by Crippen LogP contribution is -2.31. The van der Waals surface area contributed by atoms with E-state index in [1.165, 1.54) is 19.3 Å². The first-order valence-corrected chi connectivity index (χ1v) is 6.45. The number of hydrogen-bond donors (Lipinski definition) is 0. The molecule has 88 valence electrons. The molecule has 0 bridgehead atoms. The van der Waals surface area contributed by atoms with Crippen LogP contribution in [0.2, 0.25) is 10.3 Å². The number of anilines is 1. The van der Waals surface area contributed by atoms with Gasteiger partial charge in [-0.3, -0.25) is 0 Å². The highest BCUT2D eigenvalue weighted by atomic mass is 35.5. The fourth-order valence-electron chi connectivity index (χ4n) is 1.95. The highest BCUT2D eigenvalue weighted by molar-refractivity contribution is 6.34. The van der Waals surface area contributed by atoms with Crippen LogP contribution in [0.1, 0.15) is 31.7 Å².